The van der Waals surface area contributed by atoms with E-state index in [9.17, 15) is 9.59 Å². The second-order valence-electron chi connectivity index (χ2n) is 6.92. The molecule has 0 radical (unpaired) electrons. The van der Waals surface area contributed by atoms with Gasteiger partial charge in [-0.05, 0) is 29.7 Å². The SMILES string of the molecule is O=C(CCNC(=O)N1CCc2c([nH]c3ccccc23)C1)NCc1cccnc1. The summed E-state index contributed by atoms with van der Waals surface area (Å²) in [7, 11) is 0. The first-order valence-electron chi connectivity index (χ1n) is 9.47. The van der Waals surface area contributed by atoms with Gasteiger partial charge in [0, 0.05) is 55.0 Å². The second kappa shape index (κ2) is 8.12. The fourth-order valence-corrected chi connectivity index (χ4v) is 3.55. The molecular weight excluding hydrogens is 354 g/mol. The van der Waals surface area contributed by atoms with Crippen LogP contribution in [0.2, 0.25) is 0 Å². The van der Waals surface area contributed by atoms with Gasteiger partial charge in [-0.2, -0.15) is 0 Å². The number of hydrogen-bond acceptors (Lipinski definition) is 3. The number of hydrogen-bond donors (Lipinski definition) is 3. The molecule has 0 atom stereocenters. The predicted molar refractivity (Wildman–Crippen MR) is 107 cm³/mol. The van der Waals surface area contributed by atoms with Crippen LogP contribution in [0.5, 0.6) is 0 Å². The molecule has 7 nitrogen and oxygen atoms in total. The number of aromatic amines is 1. The Balaban J connectivity index is 1.24. The third-order valence-electron chi connectivity index (χ3n) is 5.01. The van der Waals surface area contributed by atoms with E-state index in [1.807, 2.05) is 24.3 Å². The van der Waals surface area contributed by atoms with Crippen LogP contribution in [-0.4, -0.2) is 39.9 Å². The molecule has 3 N–H and O–H groups in total. The molecule has 28 heavy (non-hydrogen) atoms. The van der Waals surface area contributed by atoms with Gasteiger partial charge in [0.1, 0.15) is 0 Å². The van der Waals surface area contributed by atoms with Gasteiger partial charge in [-0.15, -0.1) is 0 Å². The topological polar surface area (TPSA) is 90.1 Å². The molecule has 4 rings (SSSR count). The predicted octanol–water partition coefficient (Wildman–Crippen LogP) is 2.34. The maximum Gasteiger partial charge on any atom is 0.317 e. The lowest BCUT2D eigenvalue weighted by Gasteiger charge is -2.27. The Bertz CT molecular complexity index is 983. The molecule has 0 bridgehead atoms. The summed E-state index contributed by atoms with van der Waals surface area (Å²) in [5.74, 6) is -0.0966. The lowest BCUT2D eigenvalue weighted by Crippen LogP contribution is -2.43. The first kappa shape index (κ1) is 18.0. The van der Waals surface area contributed by atoms with Crippen LogP contribution in [0.3, 0.4) is 0 Å². The van der Waals surface area contributed by atoms with Gasteiger partial charge in [-0.1, -0.05) is 24.3 Å². The number of fused-ring (bicyclic) bond motifs is 3. The normalized spacial score (nSPS) is 13.2. The van der Waals surface area contributed by atoms with E-state index < -0.39 is 0 Å². The zero-order valence-corrected chi connectivity index (χ0v) is 15.6. The molecule has 1 aromatic carbocycles. The van der Waals surface area contributed by atoms with Crippen molar-refractivity contribution in [3.63, 3.8) is 0 Å². The summed E-state index contributed by atoms with van der Waals surface area (Å²) < 4.78 is 0. The van der Waals surface area contributed by atoms with Gasteiger partial charge in [0.05, 0.1) is 6.54 Å². The Morgan fingerprint density at radius 2 is 2.04 bits per heavy atom. The lowest BCUT2D eigenvalue weighted by molar-refractivity contribution is -0.121. The number of carbonyl (C=O) groups excluding carboxylic acids is 2. The molecule has 1 aliphatic heterocycles. The summed E-state index contributed by atoms with van der Waals surface area (Å²) in [5.41, 5.74) is 4.45. The molecule has 1 aliphatic rings. The maximum atomic E-state index is 12.4. The second-order valence-corrected chi connectivity index (χ2v) is 6.92. The van der Waals surface area contributed by atoms with Crippen LogP contribution in [0, 0.1) is 0 Å². The van der Waals surface area contributed by atoms with E-state index in [1.165, 1.54) is 10.9 Å². The van der Waals surface area contributed by atoms with Crippen molar-refractivity contribution in [1.29, 1.82) is 0 Å². The largest absolute Gasteiger partial charge is 0.357 e. The van der Waals surface area contributed by atoms with E-state index >= 15 is 0 Å². The van der Waals surface area contributed by atoms with E-state index in [0.29, 0.717) is 26.2 Å². The zero-order chi connectivity index (χ0) is 19.3. The fraction of sp³-hybridized carbons (Fsp3) is 0.286. The van der Waals surface area contributed by atoms with Crippen LogP contribution in [0.25, 0.3) is 10.9 Å². The lowest BCUT2D eigenvalue weighted by atomic mass is 10.0. The van der Waals surface area contributed by atoms with E-state index in [4.69, 9.17) is 0 Å². The molecule has 0 saturated heterocycles. The Morgan fingerprint density at radius 3 is 2.89 bits per heavy atom. The van der Waals surface area contributed by atoms with Gasteiger partial charge >= 0.3 is 6.03 Å². The van der Waals surface area contributed by atoms with Crippen LogP contribution < -0.4 is 10.6 Å². The minimum atomic E-state index is -0.135. The average Bonchev–Trinajstić information content (AvgIpc) is 3.10. The molecule has 7 heteroatoms. The van der Waals surface area contributed by atoms with Crippen molar-refractivity contribution < 1.29 is 9.59 Å². The third-order valence-corrected chi connectivity index (χ3v) is 5.01. The number of urea groups is 1. The van der Waals surface area contributed by atoms with Crippen LogP contribution in [0.4, 0.5) is 4.79 Å². The van der Waals surface area contributed by atoms with Crippen LogP contribution in [0.1, 0.15) is 23.2 Å². The average molecular weight is 377 g/mol. The number of nitrogens with zero attached hydrogens (tertiary/aromatic N) is 2. The Morgan fingerprint density at radius 1 is 1.14 bits per heavy atom. The summed E-state index contributed by atoms with van der Waals surface area (Å²) in [6, 6.07) is 11.8. The first-order chi connectivity index (χ1) is 13.7. The monoisotopic (exact) mass is 377 g/mol. The molecular formula is C21H23N5O2. The number of aromatic nitrogens is 2. The number of pyridine rings is 1. The number of nitrogens with one attached hydrogen (secondary N) is 3. The molecule has 0 unspecified atom stereocenters. The summed E-state index contributed by atoms with van der Waals surface area (Å²) in [4.78, 5) is 33.6. The molecule has 2 aromatic heterocycles. The summed E-state index contributed by atoms with van der Waals surface area (Å²) in [5, 5.41) is 6.92. The van der Waals surface area contributed by atoms with Crippen LogP contribution in [-0.2, 0) is 24.3 Å². The number of H-pyrrole nitrogens is 1. The number of rotatable bonds is 5. The standard InChI is InChI=1S/C21H23N5O2/c27-20(24-13-15-4-3-9-22-12-15)7-10-23-21(28)26-11-8-17-16-5-1-2-6-18(16)25-19(17)14-26/h1-6,9,12,25H,7-8,10-11,13-14H2,(H,23,28)(H,24,27). The Kier molecular flexibility index (Phi) is 5.23. The number of benzene rings is 1. The van der Waals surface area contributed by atoms with Gasteiger partial charge in [0.2, 0.25) is 5.91 Å². The van der Waals surface area contributed by atoms with Crippen LogP contribution in [0.15, 0.2) is 48.8 Å². The molecule has 144 valence electrons. The number of carbonyl (C=O) groups is 2. The van der Waals surface area contributed by atoms with Gasteiger partial charge < -0.3 is 20.5 Å². The maximum absolute atomic E-state index is 12.4. The van der Waals surface area contributed by atoms with Gasteiger partial charge in [-0.25, -0.2) is 4.79 Å². The van der Waals surface area contributed by atoms with Crippen molar-refractivity contribution in [2.75, 3.05) is 13.1 Å². The molecule has 0 spiro atoms. The van der Waals surface area contributed by atoms with Gasteiger partial charge in [0.15, 0.2) is 0 Å². The van der Waals surface area contributed by atoms with Gasteiger partial charge in [0.25, 0.3) is 0 Å². The smallest absolute Gasteiger partial charge is 0.317 e. The first-order valence-corrected chi connectivity index (χ1v) is 9.47. The summed E-state index contributed by atoms with van der Waals surface area (Å²) >= 11 is 0. The minimum Gasteiger partial charge on any atom is -0.357 e. The molecule has 3 amide bonds. The third kappa shape index (κ3) is 3.98. The highest BCUT2D eigenvalue weighted by molar-refractivity contribution is 5.85. The Labute approximate surface area is 163 Å². The van der Waals surface area contributed by atoms with Crippen molar-refractivity contribution in [1.82, 2.24) is 25.5 Å². The number of para-hydroxylation sites is 1. The zero-order valence-electron chi connectivity index (χ0n) is 15.6. The van der Waals surface area contributed by atoms with Gasteiger partial charge in [-0.3, -0.25) is 9.78 Å². The quantitative estimate of drug-likeness (QED) is 0.637. The van der Waals surface area contributed by atoms with E-state index in [0.717, 1.165) is 23.2 Å². The molecule has 3 heterocycles. The van der Waals surface area contributed by atoms with Crippen LogP contribution >= 0.6 is 0 Å². The van der Waals surface area contributed by atoms with Crippen molar-refractivity contribution in [2.24, 2.45) is 0 Å². The minimum absolute atomic E-state index is 0.0966. The highest BCUT2D eigenvalue weighted by atomic mass is 16.2. The fourth-order valence-electron chi connectivity index (χ4n) is 3.55. The van der Waals surface area contributed by atoms with E-state index in [1.54, 1.807) is 17.3 Å². The summed E-state index contributed by atoms with van der Waals surface area (Å²) in [6.07, 6.45) is 4.49. The highest BCUT2D eigenvalue weighted by Crippen LogP contribution is 2.27. The van der Waals surface area contributed by atoms with Crippen molar-refractivity contribution in [3.8, 4) is 0 Å². The highest BCUT2D eigenvalue weighted by Gasteiger charge is 2.23. The van der Waals surface area contributed by atoms with Crippen molar-refractivity contribution >= 4 is 22.8 Å². The van der Waals surface area contributed by atoms with E-state index in [2.05, 4.69) is 32.7 Å². The molecule has 0 aliphatic carbocycles. The molecule has 0 saturated carbocycles. The van der Waals surface area contributed by atoms with E-state index in [-0.39, 0.29) is 18.4 Å². The molecule has 0 fully saturated rings. The summed E-state index contributed by atoms with van der Waals surface area (Å²) in [6.45, 7) is 1.99. The van der Waals surface area contributed by atoms with Crippen molar-refractivity contribution in [3.05, 3.63) is 65.6 Å². The number of amides is 3. The Hall–Kier alpha value is -3.35. The molecule has 3 aromatic rings. The van der Waals surface area contributed by atoms with Crippen molar-refractivity contribution in [2.45, 2.75) is 25.9 Å².